The molecule has 37 heavy (non-hydrogen) atoms. The van der Waals surface area contributed by atoms with E-state index in [1.165, 1.54) is 24.5 Å². The number of benzene rings is 2. The molecule has 5 rings (SSSR count). The lowest BCUT2D eigenvalue weighted by atomic mass is 9.97. The molecular formula is C28H20F4N4O. The van der Waals surface area contributed by atoms with Crippen molar-refractivity contribution in [1.82, 2.24) is 15.0 Å². The van der Waals surface area contributed by atoms with Crippen LogP contribution in [0.3, 0.4) is 0 Å². The number of ketones is 1. The van der Waals surface area contributed by atoms with E-state index in [1.807, 2.05) is 6.07 Å². The maximum absolute atomic E-state index is 14.6. The second-order valence-corrected chi connectivity index (χ2v) is 8.72. The van der Waals surface area contributed by atoms with Crippen molar-refractivity contribution in [3.8, 4) is 11.3 Å². The van der Waals surface area contributed by atoms with Crippen molar-refractivity contribution < 1.29 is 22.4 Å². The van der Waals surface area contributed by atoms with Crippen LogP contribution in [-0.4, -0.2) is 26.9 Å². The number of carbonyl (C=O) groups is 1. The lowest BCUT2D eigenvalue weighted by Gasteiger charge is -2.12. The van der Waals surface area contributed by atoms with Gasteiger partial charge in [0.25, 0.3) is 0 Å². The quantitative estimate of drug-likeness (QED) is 0.294. The Labute approximate surface area is 210 Å². The van der Waals surface area contributed by atoms with E-state index in [-0.39, 0.29) is 29.8 Å². The fraction of sp³-hybridized carbons (Fsp3) is 0.179. The van der Waals surface area contributed by atoms with Crippen LogP contribution in [0.2, 0.25) is 0 Å². The van der Waals surface area contributed by atoms with Crippen molar-refractivity contribution in [3.63, 3.8) is 0 Å². The van der Waals surface area contributed by atoms with Gasteiger partial charge in [-0.25, -0.2) is 14.4 Å². The minimum atomic E-state index is -4.50. The van der Waals surface area contributed by atoms with Gasteiger partial charge in [-0.3, -0.25) is 14.8 Å². The summed E-state index contributed by atoms with van der Waals surface area (Å²) in [5.74, 6) is -0.936. The summed E-state index contributed by atoms with van der Waals surface area (Å²) in [5, 5.41) is 0. The van der Waals surface area contributed by atoms with Crippen LogP contribution in [0.4, 0.5) is 23.2 Å². The third kappa shape index (κ3) is 5.45. The van der Waals surface area contributed by atoms with Crippen molar-refractivity contribution in [1.29, 1.82) is 0 Å². The molecule has 0 unspecified atom stereocenters. The van der Waals surface area contributed by atoms with Gasteiger partial charge in [0.1, 0.15) is 29.3 Å². The Balaban J connectivity index is 1.36. The zero-order valence-corrected chi connectivity index (χ0v) is 19.5. The standard InChI is InChI=1S/C28H20F4N4O/c29-23-7-6-18(11-19(23)15-21(37)13-17-3-1-4-20(12-17)28(30,31)32)14-25-22(5-2-9-33-25)26-27-24(8-10-34-27)35-16-36-26/h1-7,9-12,16H,8,13-15H2. The summed E-state index contributed by atoms with van der Waals surface area (Å²) in [7, 11) is 0. The molecule has 1 aliphatic rings. The predicted octanol–water partition coefficient (Wildman–Crippen LogP) is 5.90. The number of Topliss-reactive ketones (excluding diaryl/α,β-unsaturated/α-hetero) is 1. The van der Waals surface area contributed by atoms with Crippen molar-refractivity contribution in [2.45, 2.75) is 31.9 Å². The first-order chi connectivity index (χ1) is 17.8. The summed E-state index contributed by atoms with van der Waals surface area (Å²) >= 11 is 0. The summed E-state index contributed by atoms with van der Waals surface area (Å²) in [6.07, 6.45) is 0.961. The molecule has 0 fully saturated rings. The van der Waals surface area contributed by atoms with E-state index in [0.29, 0.717) is 29.9 Å². The first-order valence-electron chi connectivity index (χ1n) is 11.5. The van der Waals surface area contributed by atoms with Gasteiger partial charge in [0.2, 0.25) is 0 Å². The maximum atomic E-state index is 14.6. The fourth-order valence-corrected chi connectivity index (χ4v) is 4.34. The number of halogens is 4. The van der Waals surface area contributed by atoms with Gasteiger partial charge in [-0.2, -0.15) is 13.2 Å². The van der Waals surface area contributed by atoms with E-state index in [2.05, 4.69) is 19.9 Å². The van der Waals surface area contributed by atoms with E-state index in [0.717, 1.165) is 29.0 Å². The molecule has 1 aliphatic heterocycles. The number of aromatic nitrogens is 3. The fourth-order valence-electron chi connectivity index (χ4n) is 4.34. The lowest BCUT2D eigenvalue weighted by Crippen LogP contribution is -2.10. The largest absolute Gasteiger partial charge is 0.416 e. The van der Waals surface area contributed by atoms with Gasteiger partial charge in [-0.15, -0.1) is 0 Å². The molecule has 3 heterocycles. The summed E-state index contributed by atoms with van der Waals surface area (Å²) in [6, 6.07) is 12.8. The number of nitrogens with zero attached hydrogens (tertiary/aromatic N) is 4. The van der Waals surface area contributed by atoms with Gasteiger partial charge in [-0.05, 0) is 41.0 Å². The summed E-state index contributed by atoms with van der Waals surface area (Å²) < 4.78 is 53.5. The van der Waals surface area contributed by atoms with E-state index in [9.17, 15) is 22.4 Å². The summed E-state index contributed by atoms with van der Waals surface area (Å²) in [4.78, 5) is 30.2. The monoisotopic (exact) mass is 504 g/mol. The van der Waals surface area contributed by atoms with E-state index in [1.54, 1.807) is 30.6 Å². The molecule has 0 amide bonds. The molecule has 0 N–H and O–H groups in total. The van der Waals surface area contributed by atoms with Crippen LogP contribution in [0.5, 0.6) is 0 Å². The molecule has 0 spiro atoms. The number of alkyl halides is 3. The third-order valence-corrected chi connectivity index (χ3v) is 6.07. The number of carbonyl (C=O) groups excluding carboxylic acids is 1. The number of aliphatic imine (C=N–C) groups is 1. The average molecular weight is 504 g/mol. The van der Waals surface area contributed by atoms with Crippen LogP contribution in [0.1, 0.15) is 33.6 Å². The number of hydrogen-bond acceptors (Lipinski definition) is 5. The molecule has 0 saturated heterocycles. The molecule has 4 aromatic rings. The lowest BCUT2D eigenvalue weighted by molar-refractivity contribution is -0.137. The molecule has 2 aromatic carbocycles. The maximum Gasteiger partial charge on any atom is 0.416 e. The van der Waals surface area contributed by atoms with Crippen LogP contribution in [0.15, 0.2) is 72.1 Å². The smallest absolute Gasteiger partial charge is 0.299 e. The van der Waals surface area contributed by atoms with E-state index in [4.69, 9.17) is 0 Å². The molecule has 0 radical (unpaired) electrons. The Kier molecular flexibility index (Phi) is 6.60. The molecule has 0 aliphatic carbocycles. The van der Waals surface area contributed by atoms with E-state index < -0.39 is 17.6 Å². The molecule has 2 aromatic heterocycles. The Morgan fingerprint density at radius 2 is 1.78 bits per heavy atom. The number of pyridine rings is 1. The second kappa shape index (κ2) is 10.0. The van der Waals surface area contributed by atoms with Crippen LogP contribution in [0.25, 0.3) is 11.3 Å². The number of rotatable bonds is 7. The van der Waals surface area contributed by atoms with E-state index >= 15 is 0 Å². The molecule has 0 atom stereocenters. The van der Waals surface area contributed by atoms with Crippen molar-refractivity contribution in [2.24, 2.45) is 4.99 Å². The topological polar surface area (TPSA) is 68.1 Å². The Morgan fingerprint density at radius 3 is 2.62 bits per heavy atom. The molecule has 0 bridgehead atoms. The normalized spacial score (nSPS) is 12.5. The number of fused-ring (bicyclic) bond motifs is 1. The summed E-state index contributed by atoms with van der Waals surface area (Å²) in [6.45, 7) is 0. The van der Waals surface area contributed by atoms with Crippen LogP contribution < -0.4 is 0 Å². The van der Waals surface area contributed by atoms with Crippen LogP contribution >= 0.6 is 0 Å². The van der Waals surface area contributed by atoms with Crippen LogP contribution in [0, 0.1) is 5.82 Å². The highest BCUT2D eigenvalue weighted by molar-refractivity contribution is 5.84. The third-order valence-electron chi connectivity index (χ3n) is 6.07. The van der Waals surface area contributed by atoms with Crippen molar-refractivity contribution >= 4 is 17.7 Å². The number of hydrogen-bond donors (Lipinski definition) is 0. The predicted molar refractivity (Wildman–Crippen MR) is 130 cm³/mol. The van der Waals surface area contributed by atoms with Gasteiger partial charge in [0, 0.05) is 43.7 Å². The van der Waals surface area contributed by atoms with Gasteiger partial charge in [0.15, 0.2) is 0 Å². The van der Waals surface area contributed by atoms with Crippen molar-refractivity contribution in [2.75, 3.05) is 0 Å². The minimum absolute atomic E-state index is 0.180. The molecule has 0 saturated carbocycles. The zero-order valence-electron chi connectivity index (χ0n) is 19.5. The molecule has 186 valence electrons. The highest BCUT2D eigenvalue weighted by Crippen LogP contribution is 2.35. The molecular weight excluding hydrogens is 484 g/mol. The Bertz CT molecular complexity index is 1510. The van der Waals surface area contributed by atoms with Crippen LogP contribution in [-0.2, 0) is 36.7 Å². The van der Waals surface area contributed by atoms with Gasteiger partial charge in [-0.1, -0.05) is 30.3 Å². The van der Waals surface area contributed by atoms with Gasteiger partial charge >= 0.3 is 6.18 Å². The first kappa shape index (κ1) is 24.4. The highest BCUT2D eigenvalue weighted by atomic mass is 19.4. The minimum Gasteiger partial charge on any atom is -0.299 e. The Hall–Kier alpha value is -4.27. The second-order valence-electron chi connectivity index (χ2n) is 8.72. The van der Waals surface area contributed by atoms with Crippen molar-refractivity contribution in [3.05, 3.63) is 107 Å². The molecule has 5 nitrogen and oxygen atoms in total. The SMILES string of the molecule is O=C(Cc1cccc(C(F)(F)F)c1)Cc1cc(Cc2ncccc2-c2ncnc3c2N=CC3)ccc1F. The first-order valence-corrected chi connectivity index (χ1v) is 11.5. The average Bonchev–Trinajstić information content (AvgIpc) is 3.35. The Morgan fingerprint density at radius 1 is 0.919 bits per heavy atom. The molecule has 9 heteroatoms. The highest BCUT2D eigenvalue weighted by Gasteiger charge is 2.30. The van der Waals surface area contributed by atoms with Gasteiger partial charge in [0.05, 0.1) is 17.0 Å². The summed E-state index contributed by atoms with van der Waals surface area (Å²) in [5.41, 5.74) is 4.02. The van der Waals surface area contributed by atoms with Gasteiger partial charge < -0.3 is 0 Å². The zero-order chi connectivity index (χ0) is 26.0.